The summed E-state index contributed by atoms with van der Waals surface area (Å²) >= 11 is 0. The van der Waals surface area contributed by atoms with Crippen molar-refractivity contribution >= 4 is 23.9 Å². The van der Waals surface area contributed by atoms with Crippen molar-refractivity contribution in [3.8, 4) is 0 Å². The first-order chi connectivity index (χ1) is 15.4. The molecular weight excluding hydrogens is 404 g/mol. The second-order valence-electron chi connectivity index (χ2n) is 7.34. The summed E-state index contributed by atoms with van der Waals surface area (Å²) in [4.78, 5) is 37.5. The standard InChI is InChI=1S/C26H24N2O4/c1-18-12-14-20(15-13-18)16-22(27-24(29)21-10-6-3-7-11-21)25(30)28-23(26(31)32)17-19-8-4-2-5-9-19/h2-16,23H,17H2,1H3,(H,27,29)(H,28,30)(H,31,32)/b22-16-/t23-/m1/s1. The Labute approximate surface area is 186 Å². The Bertz CT molecular complexity index is 1110. The van der Waals surface area contributed by atoms with E-state index in [9.17, 15) is 19.5 Å². The minimum absolute atomic E-state index is 0.0398. The zero-order chi connectivity index (χ0) is 22.9. The van der Waals surface area contributed by atoms with Crippen LogP contribution in [0.25, 0.3) is 6.08 Å². The van der Waals surface area contributed by atoms with Crippen molar-refractivity contribution in [3.05, 3.63) is 113 Å². The summed E-state index contributed by atoms with van der Waals surface area (Å²) in [5.74, 6) is -2.31. The number of hydrogen-bond acceptors (Lipinski definition) is 3. The Morgan fingerprint density at radius 2 is 1.47 bits per heavy atom. The van der Waals surface area contributed by atoms with Crippen LogP contribution in [-0.2, 0) is 16.0 Å². The number of aryl methyl sites for hydroxylation is 1. The fraction of sp³-hybridized carbons (Fsp3) is 0.115. The lowest BCUT2D eigenvalue weighted by molar-refractivity contribution is -0.141. The van der Waals surface area contributed by atoms with Crippen LogP contribution < -0.4 is 10.6 Å². The number of aliphatic carboxylic acids is 1. The monoisotopic (exact) mass is 428 g/mol. The maximum Gasteiger partial charge on any atom is 0.326 e. The Morgan fingerprint density at radius 3 is 2.06 bits per heavy atom. The molecule has 0 aliphatic carbocycles. The average molecular weight is 428 g/mol. The molecule has 0 aromatic heterocycles. The summed E-state index contributed by atoms with van der Waals surface area (Å²) in [5, 5.41) is 14.8. The van der Waals surface area contributed by atoms with E-state index in [1.165, 1.54) is 6.08 Å². The van der Waals surface area contributed by atoms with E-state index < -0.39 is 23.8 Å². The van der Waals surface area contributed by atoms with Gasteiger partial charge in [0.15, 0.2) is 0 Å². The number of rotatable bonds is 8. The largest absolute Gasteiger partial charge is 0.480 e. The Balaban J connectivity index is 1.85. The highest BCUT2D eigenvalue weighted by Gasteiger charge is 2.23. The van der Waals surface area contributed by atoms with Crippen LogP contribution in [-0.4, -0.2) is 28.9 Å². The molecule has 3 rings (SSSR count). The van der Waals surface area contributed by atoms with E-state index in [4.69, 9.17) is 0 Å². The molecule has 3 aromatic rings. The second kappa shape index (κ2) is 10.7. The van der Waals surface area contributed by atoms with Crippen LogP contribution in [0.1, 0.15) is 27.0 Å². The van der Waals surface area contributed by atoms with E-state index >= 15 is 0 Å². The van der Waals surface area contributed by atoms with Crippen molar-refractivity contribution in [1.29, 1.82) is 0 Å². The number of carboxylic acids is 1. The summed E-state index contributed by atoms with van der Waals surface area (Å²) < 4.78 is 0. The number of nitrogens with one attached hydrogen (secondary N) is 2. The molecule has 0 saturated heterocycles. The molecule has 162 valence electrons. The van der Waals surface area contributed by atoms with Gasteiger partial charge in [0.2, 0.25) is 0 Å². The van der Waals surface area contributed by atoms with Crippen LogP contribution in [0.15, 0.2) is 90.6 Å². The second-order valence-corrected chi connectivity index (χ2v) is 7.34. The van der Waals surface area contributed by atoms with Gasteiger partial charge in [-0.3, -0.25) is 9.59 Å². The maximum absolute atomic E-state index is 13.0. The normalized spacial score (nSPS) is 12.0. The van der Waals surface area contributed by atoms with Crippen molar-refractivity contribution in [1.82, 2.24) is 10.6 Å². The highest BCUT2D eigenvalue weighted by Crippen LogP contribution is 2.10. The van der Waals surface area contributed by atoms with E-state index in [0.29, 0.717) is 11.1 Å². The van der Waals surface area contributed by atoms with Crippen molar-refractivity contribution in [2.75, 3.05) is 0 Å². The number of carbonyl (C=O) groups is 3. The summed E-state index contributed by atoms with van der Waals surface area (Å²) in [6.45, 7) is 1.94. The summed E-state index contributed by atoms with van der Waals surface area (Å²) in [6, 6.07) is 23.8. The van der Waals surface area contributed by atoms with Gasteiger partial charge in [-0.15, -0.1) is 0 Å². The molecule has 0 radical (unpaired) electrons. The number of hydrogen-bond donors (Lipinski definition) is 3. The van der Waals surface area contributed by atoms with Crippen LogP contribution >= 0.6 is 0 Å². The zero-order valence-corrected chi connectivity index (χ0v) is 17.6. The lowest BCUT2D eigenvalue weighted by Gasteiger charge is -2.17. The van der Waals surface area contributed by atoms with Crippen molar-refractivity contribution in [2.24, 2.45) is 0 Å². The van der Waals surface area contributed by atoms with Gasteiger partial charge in [0.05, 0.1) is 0 Å². The minimum atomic E-state index is -1.16. The number of carbonyl (C=O) groups excluding carboxylic acids is 2. The zero-order valence-electron chi connectivity index (χ0n) is 17.6. The van der Waals surface area contributed by atoms with Crippen molar-refractivity contribution < 1.29 is 19.5 Å². The van der Waals surface area contributed by atoms with Crippen LogP contribution in [0.3, 0.4) is 0 Å². The lowest BCUT2D eigenvalue weighted by atomic mass is 10.1. The van der Waals surface area contributed by atoms with Gasteiger partial charge in [0.1, 0.15) is 11.7 Å². The molecule has 0 spiro atoms. The topological polar surface area (TPSA) is 95.5 Å². The Hall–Kier alpha value is -4.19. The van der Waals surface area contributed by atoms with Crippen LogP contribution in [0.2, 0.25) is 0 Å². The van der Waals surface area contributed by atoms with Gasteiger partial charge >= 0.3 is 5.97 Å². The van der Waals surface area contributed by atoms with Crippen LogP contribution in [0.4, 0.5) is 0 Å². The molecule has 32 heavy (non-hydrogen) atoms. The Kier molecular flexibility index (Phi) is 7.54. The first-order valence-corrected chi connectivity index (χ1v) is 10.1. The number of amides is 2. The van der Waals surface area contributed by atoms with E-state index in [2.05, 4.69) is 10.6 Å². The lowest BCUT2D eigenvalue weighted by Crippen LogP contribution is -2.45. The fourth-order valence-corrected chi connectivity index (χ4v) is 3.06. The molecule has 0 aliphatic rings. The predicted molar refractivity (Wildman–Crippen MR) is 123 cm³/mol. The Morgan fingerprint density at radius 1 is 0.875 bits per heavy atom. The summed E-state index contributed by atoms with van der Waals surface area (Å²) in [5.41, 5.74) is 2.87. The maximum atomic E-state index is 13.0. The third kappa shape index (κ3) is 6.40. The molecule has 2 amide bonds. The van der Waals surface area contributed by atoms with Crippen molar-refractivity contribution in [2.45, 2.75) is 19.4 Å². The van der Waals surface area contributed by atoms with E-state index in [-0.39, 0.29) is 12.1 Å². The highest BCUT2D eigenvalue weighted by molar-refractivity contribution is 6.06. The SMILES string of the molecule is Cc1ccc(/C=C(\NC(=O)c2ccccc2)C(=O)N[C@H](Cc2ccccc2)C(=O)O)cc1. The molecule has 0 aliphatic heterocycles. The molecule has 0 unspecified atom stereocenters. The minimum Gasteiger partial charge on any atom is -0.480 e. The molecule has 6 nitrogen and oxygen atoms in total. The van der Waals surface area contributed by atoms with Gasteiger partial charge < -0.3 is 15.7 Å². The van der Waals surface area contributed by atoms with Crippen molar-refractivity contribution in [3.63, 3.8) is 0 Å². The molecular formula is C26H24N2O4. The number of benzene rings is 3. The van der Waals surface area contributed by atoms with Crippen LogP contribution in [0, 0.1) is 6.92 Å². The number of carboxylic acid groups (broad SMARTS) is 1. The summed E-state index contributed by atoms with van der Waals surface area (Å²) in [7, 11) is 0. The van der Waals surface area contributed by atoms with E-state index in [1.54, 1.807) is 54.6 Å². The van der Waals surface area contributed by atoms with E-state index in [1.807, 2.05) is 37.3 Å². The first-order valence-electron chi connectivity index (χ1n) is 10.1. The molecule has 1 atom stereocenters. The van der Waals surface area contributed by atoms with Gasteiger partial charge in [-0.2, -0.15) is 0 Å². The molecule has 0 saturated carbocycles. The molecule has 3 aromatic carbocycles. The van der Waals surface area contributed by atoms with Gasteiger partial charge in [-0.25, -0.2) is 4.79 Å². The van der Waals surface area contributed by atoms with Gasteiger partial charge in [0.25, 0.3) is 11.8 Å². The molecule has 6 heteroatoms. The van der Waals surface area contributed by atoms with Gasteiger partial charge in [0, 0.05) is 12.0 Å². The highest BCUT2D eigenvalue weighted by atomic mass is 16.4. The van der Waals surface area contributed by atoms with Gasteiger partial charge in [-0.1, -0.05) is 78.4 Å². The predicted octanol–water partition coefficient (Wildman–Crippen LogP) is 3.58. The third-order valence-electron chi connectivity index (χ3n) is 4.80. The third-order valence-corrected chi connectivity index (χ3v) is 4.80. The smallest absolute Gasteiger partial charge is 0.326 e. The van der Waals surface area contributed by atoms with Crippen LogP contribution in [0.5, 0.6) is 0 Å². The molecule has 3 N–H and O–H groups in total. The molecule has 0 fully saturated rings. The fourth-order valence-electron chi connectivity index (χ4n) is 3.06. The molecule has 0 heterocycles. The first kappa shape index (κ1) is 22.5. The van der Waals surface area contributed by atoms with E-state index in [0.717, 1.165) is 11.1 Å². The summed E-state index contributed by atoms with van der Waals surface area (Å²) in [6.07, 6.45) is 1.64. The molecule has 0 bridgehead atoms. The van der Waals surface area contributed by atoms with Gasteiger partial charge in [-0.05, 0) is 36.3 Å². The average Bonchev–Trinajstić information content (AvgIpc) is 2.80. The quantitative estimate of drug-likeness (QED) is 0.478.